The summed E-state index contributed by atoms with van der Waals surface area (Å²) in [6, 6.07) is 2.23. The first-order chi connectivity index (χ1) is 8.16. The quantitative estimate of drug-likeness (QED) is 0.797. The Morgan fingerprint density at radius 3 is 2.65 bits per heavy atom. The van der Waals surface area contributed by atoms with Gasteiger partial charge in [0.15, 0.2) is 11.6 Å². The highest BCUT2D eigenvalue weighted by Gasteiger charge is 2.16. The zero-order valence-electron chi connectivity index (χ0n) is 9.51. The number of hydrogen-bond donors (Lipinski definition) is 2. The minimum atomic E-state index is -0.648. The Kier molecular flexibility index (Phi) is 3.78. The summed E-state index contributed by atoms with van der Waals surface area (Å²) in [5.74, 6) is -0.808. The van der Waals surface area contributed by atoms with Gasteiger partial charge in [-0.25, -0.2) is 8.78 Å². The van der Waals surface area contributed by atoms with Gasteiger partial charge in [-0.2, -0.15) is 0 Å². The van der Waals surface area contributed by atoms with Crippen molar-refractivity contribution in [3.63, 3.8) is 0 Å². The standard InChI is InChI=1S/C12H16F2N2O/c13-10-5-9(15)6-11(14)12(10)16-3-1-8-2-4-17-7-8/h5-6,8,16H,1-4,7,15H2. The minimum Gasteiger partial charge on any atom is -0.399 e. The van der Waals surface area contributed by atoms with Gasteiger partial charge in [-0.15, -0.1) is 0 Å². The van der Waals surface area contributed by atoms with Gasteiger partial charge < -0.3 is 15.8 Å². The molecule has 17 heavy (non-hydrogen) atoms. The van der Waals surface area contributed by atoms with E-state index in [-0.39, 0.29) is 11.4 Å². The van der Waals surface area contributed by atoms with E-state index < -0.39 is 11.6 Å². The Bertz CT molecular complexity index is 369. The summed E-state index contributed by atoms with van der Waals surface area (Å²) in [5, 5.41) is 2.77. The van der Waals surface area contributed by atoms with Crippen LogP contribution in [0.25, 0.3) is 0 Å². The Balaban J connectivity index is 1.89. The summed E-state index contributed by atoms with van der Waals surface area (Å²) in [7, 11) is 0. The summed E-state index contributed by atoms with van der Waals surface area (Å²) in [6.07, 6.45) is 1.87. The van der Waals surface area contributed by atoms with Gasteiger partial charge >= 0.3 is 0 Å². The second-order valence-corrected chi connectivity index (χ2v) is 4.30. The van der Waals surface area contributed by atoms with Crippen LogP contribution in [0.2, 0.25) is 0 Å². The molecule has 0 radical (unpaired) electrons. The van der Waals surface area contributed by atoms with Gasteiger partial charge in [0.1, 0.15) is 5.69 Å². The molecule has 3 nitrogen and oxygen atoms in total. The predicted octanol–water partition coefficient (Wildman–Crippen LogP) is 2.39. The van der Waals surface area contributed by atoms with E-state index in [9.17, 15) is 8.78 Å². The van der Waals surface area contributed by atoms with Gasteiger partial charge in [0.25, 0.3) is 0 Å². The van der Waals surface area contributed by atoms with Crippen LogP contribution in [0.15, 0.2) is 12.1 Å². The largest absolute Gasteiger partial charge is 0.399 e. The zero-order chi connectivity index (χ0) is 12.3. The summed E-state index contributed by atoms with van der Waals surface area (Å²) in [5.41, 5.74) is 5.33. The first kappa shape index (κ1) is 12.1. The molecule has 1 unspecified atom stereocenters. The molecule has 1 aromatic rings. The van der Waals surface area contributed by atoms with E-state index in [1.165, 1.54) is 0 Å². The number of ether oxygens (including phenoxy) is 1. The van der Waals surface area contributed by atoms with Crippen molar-refractivity contribution in [1.29, 1.82) is 0 Å². The molecular weight excluding hydrogens is 226 g/mol. The van der Waals surface area contributed by atoms with Crippen molar-refractivity contribution in [3.8, 4) is 0 Å². The number of nitrogen functional groups attached to an aromatic ring is 1. The molecule has 1 saturated heterocycles. The van der Waals surface area contributed by atoms with Crippen molar-refractivity contribution in [2.24, 2.45) is 5.92 Å². The summed E-state index contributed by atoms with van der Waals surface area (Å²) >= 11 is 0. The third-order valence-corrected chi connectivity index (χ3v) is 2.94. The van der Waals surface area contributed by atoms with Crippen molar-refractivity contribution in [2.75, 3.05) is 30.8 Å². The molecule has 1 aliphatic heterocycles. The van der Waals surface area contributed by atoms with Crippen LogP contribution in [0.4, 0.5) is 20.2 Å². The number of anilines is 2. The van der Waals surface area contributed by atoms with Gasteiger partial charge in [0.05, 0.1) is 0 Å². The Morgan fingerprint density at radius 1 is 1.35 bits per heavy atom. The highest BCUT2D eigenvalue weighted by Crippen LogP contribution is 2.23. The van der Waals surface area contributed by atoms with Crippen molar-refractivity contribution in [3.05, 3.63) is 23.8 Å². The molecule has 2 rings (SSSR count). The van der Waals surface area contributed by atoms with Crippen LogP contribution in [-0.2, 0) is 4.74 Å². The molecule has 1 fully saturated rings. The highest BCUT2D eigenvalue weighted by molar-refractivity contribution is 5.53. The van der Waals surface area contributed by atoms with E-state index in [0.29, 0.717) is 12.5 Å². The van der Waals surface area contributed by atoms with Gasteiger partial charge in [-0.1, -0.05) is 0 Å². The van der Waals surface area contributed by atoms with Gasteiger partial charge in [0.2, 0.25) is 0 Å². The van der Waals surface area contributed by atoms with Crippen molar-refractivity contribution < 1.29 is 13.5 Å². The molecule has 0 aliphatic carbocycles. The maximum atomic E-state index is 13.4. The van der Waals surface area contributed by atoms with Crippen LogP contribution in [0.1, 0.15) is 12.8 Å². The Morgan fingerprint density at radius 2 is 2.06 bits per heavy atom. The predicted molar refractivity (Wildman–Crippen MR) is 62.8 cm³/mol. The number of rotatable bonds is 4. The topological polar surface area (TPSA) is 47.3 Å². The van der Waals surface area contributed by atoms with Crippen molar-refractivity contribution >= 4 is 11.4 Å². The number of nitrogens with two attached hydrogens (primary N) is 1. The van der Waals surface area contributed by atoms with Crippen molar-refractivity contribution in [1.82, 2.24) is 0 Å². The van der Waals surface area contributed by atoms with Gasteiger partial charge in [0, 0.05) is 25.4 Å². The summed E-state index contributed by atoms with van der Waals surface area (Å²) < 4.78 is 32.0. The molecule has 1 atom stereocenters. The lowest BCUT2D eigenvalue weighted by atomic mass is 10.1. The summed E-state index contributed by atoms with van der Waals surface area (Å²) in [4.78, 5) is 0. The van der Waals surface area contributed by atoms with Crippen LogP contribution in [0.5, 0.6) is 0 Å². The number of halogens is 2. The van der Waals surface area contributed by atoms with E-state index in [0.717, 1.165) is 38.2 Å². The SMILES string of the molecule is Nc1cc(F)c(NCCC2CCOC2)c(F)c1. The maximum Gasteiger partial charge on any atom is 0.151 e. The fourth-order valence-corrected chi connectivity index (χ4v) is 1.97. The number of benzene rings is 1. The fourth-order valence-electron chi connectivity index (χ4n) is 1.97. The lowest BCUT2D eigenvalue weighted by Crippen LogP contribution is -2.11. The van der Waals surface area contributed by atoms with Crippen LogP contribution in [-0.4, -0.2) is 19.8 Å². The molecule has 94 valence electrons. The van der Waals surface area contributed by atoms with E-state index >= 15 is 0 Å². The first-order valence-electron chi connectivity index (χ1n) is 5.73. The van der Waals surface area contributed by atoms with E-state index in [2.05, 4.69) is 5.32 Å². The minimum absolute atomic E-state index is 0.0924. The fraction of sp³-hybridized carbons (Fsp3) is 0.500. The molecule has 1 aromatic carbocycles. The van der Waals surface area contributed by atoms with Gasteiger partial charge in [-0.05, 0) is 30.9 Å². The second-order valence-electron chi connectivity index (χ2n) is 4.30. The monoisotopic (exact) mass is 242 g/mol. The zero-order valence-corrected chi connectivity index (χ0v) is 9.51. The molecule has 1 aliphatic rings. The maximum absolute atomic E-state index is 13.4. The third kappa shape index (κ3) is 3.06. The number of nitrogens with one attached hydrogen (secondary N) is 1. The van der Waals surface area contributed by atoms with Crippen LogP contribution < -0.4 is 11.1 Å². The molecule has 0 saturated carbocycles. The Labute approximate surface area is 98.9 Å². The van der Waals surface area contributed by atoms with E-state index in [4.69, 9.17) is 10.5 Å². The van der Waals surface area contributed by atoms with Crippen LogP contribution in [0, 0.1) is 17.6 Å². The van der Waals surface area contributed by atoms with E-state index in [1.807, 2.05) is 0 Å². The first-order valence-corrected chi connectivity index (χ1v) is 5.73. The van der Waals surface area contributed by atoms with E-state index in [1.54, 1.807) is 0 Å². The lowest BCUT2D eigenvalue weighted by molar-refractivity contribution is 0.185. The average Bonchev–Trinajstić information content (AvgIpc) is 2.74. The number of hydrogen-bond acceptors (Lipinski definition) is 3. The average molecular weight is 242 g/mol. The Hall–Kier alpha value is -1.36. The van der Waals surface area contributed by atoms with Gasteiger partial charge in [-0.3, -0.25) is 0 Å². The lowest BCUT2D eigenvalue weighted by Gasteiger charge is -2.11. The molecular formula is C12H16F2N2O. The smallest absolute Gasteiger partial charge is 0.151 e. The summed E-state index contributed by atoms with van der Waals surface area (Å²) in [6.45, 7) is 2.06. The van der Waals surface area contributed by atoms with Crippen molar-refractivity contribution in [2.45, 2.75) is 12.8 Å². The normalized spacial score (nSPS) is 19.5. The molecule has 0 spiro atoms. The third-order valence-electron chi connectivity index (χ3n) is 2.94. The highest BCUT2D eigenvalue weighted by atomic mass is 19.1. The molecule has 1 heterocycles. The molecule has 0 bridgehead atoms. The molecule has 3 N–H and O–H groups in total. The van der Waals surface area contributed by atoms with Crippen LogP contribution >= 0.6 is 0 Å². The molecule has 0 amide bonds. The molecule has 0 aromatic heterocycles. The second kappa shape index (κ2) is 5.31. The molecule has 5 heteroatoms. The van der Waals surface area contributed by atoms with Crippen LogP contribution in [0.3, 0.4) is 0 Å².